The molecule has 0 spiro atoms. The molecule has 1 atom stereocenters. The van der Waals surface area contributed by atoms with Crippen LogP contribution >= 0.6 is 0 Å². The second kappa shape index (κ2) is 16.8. The maximum Gasteiger partial charge on any atom is 0.343 e. The van der Waals surface area contributed by atoms with Gasteiger partial charge in [0, 0.05) is 28.1 Å². The van der Waals surface area contributed by atoms with Crippen molar-refractivity contribution in [3.8, 4) is 23.0 Å². The van der Waals surface area contributed by atoms with Gasteiger partial charge in [0.1, 0.15) is 28.7 Å². The van der Waals surface area contributed by atoms with Crippen LogP contribution in [0.5, 0.6) is 23.0 Å². The fraction of sp³-hybridized carbons (Fsp3) is 0.405. The van der Waals surface area contributed by atoms with Crippen LogP contribution in [0.1, 0.15) is 100 Å². The summed E-state index contributed by atoms with van der Waals surface area (Å²) in [6.45, 7) is 12.3. The van der Waals surface area contributed by atoms with Gasteiger partial charge in [0.05, 0.1) is 22.0 Å². The van der Waals surface area contributed by atoms with E-state index in [1.54, 1.807) is 41.5 Å². The lowest BCUT2D eigenvalue weighted by atomic mass is 9.89. The normalized spacial score (nSPS) is 14.4. The van der Waals surface area contributed by atoms with Crippen LogP contribution in [0.15, 0.2) is 66.7 Å². The zero-order chi connectivity index (χ0) is 39.1. The van der Waals surface area contributed by atoms with Gasteiger partial charge < -0.3 is 33.2 Å². The molecule has 3 aromatic rings. The number of hydrogen-bond donors (Lipinski definition) is 2. The van der Waals surface area contributed by atoms with E-state index in [0.717, 1.165) is 19.3 Å². The van der Waals surface area contributed by atoms with E-state index in [1.807, 2.05) is 6.92 Å². The fourth-order valence-corrected chi connectivity index (χ4v) is 4.38. The van der Waals surface area contributed by atoms with Gasteiger partial charge in [-0.05, 0) is 121 Å². The van der Waals surface area contributed by atoms with Gasteiger partial charge >= 0.3 is 23.9 Å². The van der Waals surface area contributed by atoms with Gasteiger partial charge in [-0.2, -0.15) is 0 Å². The number of ether oxygens (including phenoxy) is 4. The van der Waals surface area contributed by atoms with Gasteiger partial charge in [0.15, 0.2) is 0 Å². The van der Waals surface area contributed by atoms with Crippen LogP contribution in [0, 0.1) is 10.8 Å². The van der Waals surface area contributed by atoms with E-state index in [-0.39, 0.29) is 46.6 Å². The molecule has 0 bridgehead atoms. The Kier molecular flexibility index (Phi) is 13.5. The lowest BCUT2D eigenvalue weighted by Crippen LogP contribution is -2.50. The number of aliphatic hydroxyl groups is 1. The molecule has 1 aliphatic rings. The van der Waals surface area contributed by atoms with Crippen LogP contribution in [-0.4, -0.2) is 52.5 Å². The minimum absolute atomic E-state index is 0.0465. The molecule has 1 fully saturated rings. The second-order valence-electron chi connectivity index (χ2n) is 14.2. The Hall–Kier alpha value is -4.67. The van der Waals surface area contributed by atoms with Crippen LogP contribution in [0.3, 0.4) is 0 Å². The minimum Gasteiger partial charge on any atom is -0.759 e. The number of hydrogen-bond acceptors (Lipinski definition) is 14. The molecule has 282 valence electrons. The third kappa shape index (κ3) is 12.8. The highest BCUT2D eigenvalue weighted by Crippen LogP contribution is 2.34. The van der Waals surface area contributed by atoms with Gasteiger partial charge in [-0.15, -0.1) is 0 Å². The Morgan fingerprint density at radius 1 is 0.692 bits per heavy atom. The van der Waals surface area contributed by atoms with E-state index in [0.29, 0.717) is 5.56 Å². The largest absolute Gasteiger partial charge is 0.759 e. The molecule has 15 heteroatoms. The molecule has 3 aromatic carbocycles. The first kappa shape index (κ1) is 41.7. The summed E-state index contributed by atoms with van der Waals surface area (Å²) in [6.07, 6.45) is 3.18. The molecular weight excluding hydrogens is 698 g/mol. The Morgan fingerprint density at radius 3 is 1.35 bits per heavy atom. The molecule has 0 saturated heterocycles. The third-order valence-electron chi connectivity index (χ3n) is 7.66. The third-order valence-corrected chi connectivity index (χ3v) is 7.66. The van der Waals surface area contributed by atoms with E-state index in [2.05, 4.69) is 5.32 Å². The highest BCUT2D eigenvalue weighted by atomic mass is 32.3. The van der Waals surface area contributed by atoms with Crippen molar-refractivity contribution >= 4 is 34.3 Å². The van der Waals surface area contributed by atoms with Gasteiger partial charge in [-0.25, -0.2) is 9.59 Å². The lowest BCUT2D eigenvalue weighted by Gasteiger charge is -2.37. The summed E-state index contributed by atoms with van der Waals surface area (Å²) in [5.74, 6) is -1.58. The summed E-state index contributed by atoms with van der Waals surface area (Å²) in [5, 5.41) is 14.9. The van der Waals surface area contributed by atoms with Crippen molar-refractivity contribution in [2.24, 2.45) is 10.8 Å². The topological polar surface area (TPSA) is 218 Å². The van der Waals surface area contributed by atoms with Gasteiger partial charge in [-0.1, -0.05) is 13.3 Å². The average molecular weight is 742 g/mol. The zero-order valence-electron chi connectivity index (χ0n) is 30.0. The molecule has 1 unspecified atom stereocenters. The highest BCUT2D eigenvalue weighted by molar-refractivity contribution is 7.79. The van der Waals surface area contributed by atoms with Crippen LogP contribution < -0.4 is 24.3 Å². The number of rotatable bonds is 10. The monoisotopic (exact) mass is 741 g/mol. The first-order valence-electron chi connectivity index (χ1n) is 16.4. The number of benzene rings is 3. The Labute approximate surface area is 303 Å². The maximum atomic E-state index is 13.1. The molecule has 0 radical (unpaired) electrons. The highest BCUT2D eigenvalue weighted by Gasteiger charge is 2.34. The molecule has 14 nitrogen and oxygen atoms in total. The fourth-order valence-electron chi connectivity index (χ4n) is 4.38. The minimum atomic E-state index is -5.17. The Balaban J connectivity index is 0.00000136. The molecule has 4 rings (SSSR count). The molecule has 1 aliphatic carbocycles. The lowest BCUT2D eigenvalue weighted by molar-refractivity contribution is -0.143. The smallest absolute Gasteiger partial charge is 0.343 e. The van der Waals surface area contributed by atoms with E-state index in [9.17, 15) is 24.3 Å². The summed E-state index contributed by atoms with van der Waals surface area (Å²) >= 11 is 0. The Morgan fingerprint density at radius 2 is 1.06 bits per heavy atom. The number of carbonyl (C=O) groups is 4. The van der Waals surface area contributed by atoms with Crippen molar-refractivity contribution in [3.05, 3.63) is 83.4 Å². The summed E-state index contributed by atoms with van der Waals surface area (Å²) in [7, 11) is -5.17. The van der Waals surface area contributed by atoms with Gasteiger partial charge in [0.25, 0.3) is 0 Å². The SMILES string of the molecule is CCC(O)(NC1CCC1)c1cc(OC(=O)c2ccc(OC(=O)C(C)(C)C)cc2)cc(OC(=O)c2ccc(OC(=O)C(C)(C)C)cc2)c1.O=S(=O)([O-])[O-]. The summed E-state index contributed by atoms with van der Waals surface area (Å²) < 4.78 is 56.2. The van der Waals surface area contributed by atoms with Crippen molar-refractivity contribution in [2.75, 3.05) is 0 Å². The number of nitrogens with one attached hydrogen (secondary N) is 1. The second-order valence-corrected chi connectivity index (χ2v) is 15.0. The summed E-state index contributed by atoms with van der Waals surface area (Å²) in [4.78, 5) is 50.7. The molecule has 52 heavy (non-hydrogen) atoms. The molecular formula is C37H43NO13S-2. The standard InChI is InChI=1S/C37H43NO9.H2O4S/c1-8-37(43,38-26-10-9-11-26)25-20-29(44-31(39)23-12-16-27(17-13-23)46-33(41)35(2,3)4)22-30(21-25)45-32(40)24-14-18-28(19-15-24)47-34(42)36(5,6)7;1-5(2,3)4/h12-22,26,38,43H,8-11H2,1-7H3;(H2,1,2,3,4)/p-2. The molecule has 0 amide bonds. The van der Waals surface area contributed by atoms with Crippen LogP contribution in [0.25, 0.3) is 0 Å². The van der Waals surface area contributed by atoms with E-state index in [1.165, 1.54) is 66.7 Å². The van der Waals surface area contributed by atoms with Crippen molar-refractivity contribution in [2.45, 2.75) is 85.9 Å². The van der Waals surface area contributed by atoms with E-state index < -0.39 is 50.8 Å². The van der Waals surface area contributed by atoms with Gasteiger partial charge in [0.2, 0.25) is 0 Å². The molecule has 0 aliphatic heterocycles. The summed E-state index contributed by atoms with van der Waals surface area (Å²) in [6, 6.07) is 16.5. The molecule has 1 saturated carbocycles. The summed E-state index contributed by atoms with van der Waals surface area (Å²) in [5.41, 5.74) is -2.13. The first-order valence-corrected chi connectivity index (χ1v) is 17.7. The van der Waals surface area contributed by atoms with Crippen LogP contribution in [0.2, 0.25) is 0 Å². The van der Waals surface area contributed by atoms with Crippen molar-refractivity contribution in [3.63, 3.8) is 0 Å². The van der Waals surface area contributed by atoms with E-state index >= 15 is 0 Å². The van der Waals surface area contributed by atoms with Crippen LogP contribution in [-0.2, 0) is 25.7 Å². The van der Waals surface area contributed by atoms with Crippen molar-refractivity contribution in [1.29, 1.82) is 0 Å². The van der Waals surface area contributed by atoms with Crippen molar-refractivity contribution in [1.82, 2.24) is 5.32 Å². The quantitative estimate of drug-likeness (QED) is 0.0876. The molecule has 0 heterocycles. The van der Waals surface area contributed by atoms with Gasteiger partial charge in [-0.3, -0.25) is 23.3 Å². The predicted molar refractivity (Wildman–Crippen MR) is 185 cm³/mol. The van der Waals surface area contributed by atoms with Crippen LogP contribution in [0.4, 0.5) is 0 Å². The number of esters is 4. The van der Waals surface area contributed by atoms with Crippen molar-refractivity contribution < 1.29 is 60.8 Å². The zero-order valence-corrected chi connectivity index (χ0v) is 30.8. The average Bonchev–Trinajstić information content (AvgIpc) is 3.01. The molecule has 0 aromatic heterocycles. The maximum absolute atomic E-state index is 13.1. The Bertz CT molecular complexity index is 1740. The number of carbonyl (C=O) groups excluding carboxylic acids is 4. The van der Waals surface area contributed by atoms with E-state index in [4.69, 9.17) is 36.5 Å². The molecule has 2 N–H and O–H groups in total. The first-order chi connectivity index (χ1) is 24.0. The predicted octanol–water partition coefficient (Wildman–Crippen LogP) is 5.39.